The first kappa shape index (κ1) is 26.5. The molecule has 0 aliphatic carbocycles. The van der Waals surface area contributed by atoms with E-state index in [0.29, 0.717) is 18.8 Å². The highest BCUT2D eigenvalue weighted by Gasteiger charge is 2.24. The molecule has 3 aromatic carbocycles. The van der Waals surface area contributed by atoms with Crippen LogP contribution in [0.1, 0.15) is 50.5 Å². The van der Waals surface area contributed by atoms with E-state index in [1.165, 1.54) is 12.1 Å². The minimum absolute atomic E-state index is 0.180. The average Bonchev–Trinajstić information content (AvgIpc) is 2.83. The van der Waals surface area contributed by atoms with Crippen molar-refractivity contribution in [2.24, 2.45) is 0 Å². The van der Waals surface area contributed by atoms with Crippen molar-refractivity contribution in [3.8, 4) is 11.1 Å². The number of rotatable bonds is 6. The maximum absolute atomic E-state index is 15.1. The second-order valence-corrected chi connectivity index (χ2v) is 10.9. The van der Waals surface area contributed by atoms with Crippen LogP contribution in [0.25, 0.3) is 11.1 Å². The lowest BCUT2D eigenvalue weighted by atomic mass is 9.97. The third-order valence-electron chi connectivity index (χ3n) is 6.49. The van der Waals surface area contributed by atoms with Crippen molar-refractivity contribution in [1.82, 2.24) is 4.90 Å². The Morgan fingerprint density at radius 1 is 0.917 bits per heavy atom. The first-order chi connectivity index (χ1) is 17.0. The molecule has 0 radical (unpaired) electrons. The van der Waals surface area contributed by atoms with Crippen LogP contribution >= 0.6 is 8.86 Å². The highest BCUT2D eigenvalue weighted by molar-refractivity contribution is 7.22. The highest BCUT2D eigenvalue weighted by atomic mass is 31.0. The zero-order chi connectivity index (χ0) is 26.0. The molecule has 3 aromatic rings. The molecule has 6 heteroatoms. The molecule has 1 fully saturated rings. The van der Waals surface area contributed by atoms with Gasteiger partial charge in [-0.1, -0.05) is 35.9 Å². The number of nitrogens with zero attached hydrogens (tertiary/aromatic N) is 2. The lowest BCUT2D eigenvalue weighted by Crippen LogP contribution is -2.48. The molecule has 0 aromatic heterocycles. The summed E-state index contributed by atoms with van der Waals surface area (Å²) in [6, 6.07) is 18.3. The van der Waals surface area contributed by atoms with Gasteiger partial charge in [-0.05, 0) is 81.6 Å². The van der Waals surface area contributed by atoms with Crippen LogP contribution in [0.4, 0.5) is 14.5 Å². The number of piperazine rings is 1. The number of anilines is 1. The molecule has 190 valence electrons. The van der Waals surface area contributed by atoms with Crippen LogP contribution < -0.4 is 4.90 Å². The van der Waals surface area contributed by atoms with Gasteiger partial charge in [0.05, 0.1) is 17.4 Å². The lowest BCUT2D eigenvalue weighted by Gasteiger charge is -2.37. The van der Waals surface area contributed by atoms with Crippen molar-refractivity contribution < 1.29 is 13.5 Å². The van der Waals surface area contributed by atoms with E-state index in [4.69, 9.17) is 4.74 Å². The van der Waals surface area contributed by atoms with E-state index in [-0.39, 0.29) is 23.3 Å². The minimum atomic E-state index is -0.289. The fourth-order valence-corrected chi connectivity index (χ4v) is 5.14. The predicted molar refractivity (Wildman–Crippen MR) is 148 cm³/mol. The van der Waals surface area contributed by atoms with E-state index in [0.717, 1.165) is 46.3 Å². The highest BCUT2D eigenvalue weighted by Crippen LogP contribution is 2.30. The third-order valence-corrected chi connectivity index (χ3v) is 7.08. The Balaban J connectivity index is 1.47. The second-order valence-electron chi connectivity index (χ2n) is 10.5. The fourth-order valence-electron chi connectivity index (χ4n) is 4.71. The van der Waals surface area contributed by atoms with Gasteiger partial charge in [-0.3, -0.25) is 4.90 Å². The third kappa shape index (κ3) is 6.21. The molecule has 1 atom stereocenters. The molecule has 3 nitrogen and oxygen atoms in total. The summed E-state index contributed by atoms with van der Waals surface area (Å²) in [5, 5.41) is 0. The second kappa shape index (κ2) is 10.8. The predicted octanol–water partition coefficient (Wildman–Crippen LogP) is 7.26. The molecule has 0 amide bonds. The molecule has 1 aliphatic rings. The van der Waals surface area contributed by atoms with Crippen LogP contribution in [0, 0.1) is 18.6 Å². The van der Waals surface area contributed by atoms with E-state index < -0.39 is 0 Å². The zero-order valence-electron chi connectivity index (χ0n) is 21.7. The summed E-state index contributed by atoms with van der Waals surface area (Å²) in [4.78, 5) is 4.38. The van der Waals surface area contributed by atoms with Crippen molar-refractivity contribution in [3.63, 3.8) is 0 Å². The van der Waals surface area contributed by atoms with Crippen molar-refractivity contribution in [3.05, 3.63) is 89.0 Å². The van der Waals surface area contributed by atoms with Crippen LogP contribution in [-0.2, 0) is 4.74 Å². The van der Waals surface area contributed by atoms with Crippen LogP contribution in [0.15, 0.2) is 60.7 Å². The van der Waals surface area contributed by atoms with E-state index in [9.17, 15) is 4.39 Å². The summed E-state index contributed by atoms with van der Waals surface area (Å²) < 4.78 is 34.6. The van der Waals surface area contributed by atoms with Gasteiger partial charge in [-0.2, -0.15) is 0 Å². The van der Waals surface area contributed by atoms with Gasteiger partial charge in [0, 0.05) is 37.2 Å². The summed E-state index contributed by atoms with van der Waals surface area (Å²) in [6.45, 7) is 12.9. The van der Waals surface area contributed by atoms with E-state index in [2.05, 4.69) is 43.8 Å². The van der Waals surface area contributed by atoms with E-state index in [1.54, 1.807) is 18.2 Å². The van der Waals surface area contributed by atoms with Crippen molar-refractivity contribution in [2.45, 2.75) is 46.3 Å². The van der Waals surface area contributed by atoms with Crippen molar-refractivity contribution >= 4 is 20.0 Å². The standard InChI is InChI=1S/C30H35F2N2OP/c1-20-6-12-25(22-7-10-24(31)11-8-22)26(18-20)29(36)34-16-14-33(15-17-34)28-13-9-23(19-27(28)32)21(2)35-30(3,4)5/h6-13,18-19,21,36H,14-17H2,1-5H3. The van der Waals surface area contributed by atoms with E-state index in [1.807, 2.05) is 39.8 Å². The maximum Gasteiger partial charge on any atom is 0.146 e. The Morgan fingerprint density at radius 2 is 1.58 bits per heavy atom. The Hall–Kier alpha value is -2.59. The van der Waals surface area contributed by atoms with Crippen LogP contribution in [0.5, 0.6) is 0 Å². The van der Waals surface area contributed by atoms with Gasteiger partial charge < -0.3 is 9.64 Å². The minimum Gasteiger partial charge on any atom is -0.368 e. The molecule has 1 aliphatic heterocycles. The zero-order valence-corrected chi connectivity index (χ0v) is 22.7. The van der Waals surface area contributed by atoms with Gasteiger partial charge in [0.1, 0.15) is 11.6 Å². The number of hydrogen-bond donors (Lipinski definition) is 0. The Bertz CT molecular complexity index is 1230. The van der Waals surface area contributed by atoms with Gasteiger partial charge >= 0.3 is 0 Å². The van der Waals surface area contributed by atoms with Crippen LogP contribution in [-0.4, -0.2) is 42.1 Å². The monoisotopic (exact) mass is 508 g/mol. The molecular formula is C30H35F2N2OP. The van der Waals surface area contributed by atoms with Crippen molar-refractivity contribution in [2.75, 3.05) is 31.1 Å². The van der Waals surface area contributed by atoms with E-state index >= 15 is 4.39 Å². The number of benzene rings is 3. The molecule has 1 heterocycles. The molecule has 0 spiro atoms. The summed E-state index contributed by atoms with van der Waals surface area (Å²) in [5.74, 6) is -0.465. The summed E-state index contributed by atoms with van der Waals surface area (Å²) in [6.07, 6.45) is -0.180. The molecule has 1 unspecified atom stereocenters. The Morgan fingerprint density at radius 3 is 2.19 bits per heavy atom. The van der Waals surface area contributed by atoms with Crippen molar-refractivity contribution in [1.29, 1.82) is 0 Å². The number of hydrogen-bond acceptors (Lipinski definition) is 2. The smallest absolute Gasteiger partial charge is 0.146 e. The lowest BCUT2D eigenvalue weighted by molar-refractivity contribution is -0.0530. The first-order valence-corrected chi connectivity index (χ1v) is 12.9. The van der Waals surface area contributed by atoms with Crippen LogP contribution in [0.3, 0.4) is 0 Å². The number of aryl methyl sites for hydroxylation is 1. The normalized spacial score (nSPS) is 15.7. The summed E-state index contributed by atoms with van der Waals surface area (Å²) in [7, 11) is 3.91. The first-order valence-electron chi connectivity index (χ1n) is 12.4. The molecule has 0 bridgehead atoms. The molecule has 1 saturated heterocycles. The largest absolute Gasteiger partial charge is 0.368 e. The van der Waals surface area contributed by atoms with Gasteiger partial charge in [0.25, 0.3) is 0 Å². The van der Waals surface area contributed by atoms with Crippen LogP contribution in [0.2, 0.25) is 0 Å². The number of ether oxygens (including phenoxy) is 1. The van der Waals surface area contributed by atoms with Gasteiger partial charge in [0.2, 0.25) is 0 Å². The summed E-state index contributed by atoms with van der Waals surface area (Å²) >= 11 is 0. The van der Waals surface area contributed by atoms with Gasteiger partial charge in [-0.15, -0.1) is 8.86 Å². The molecule has 0 saturated carbocycles. The van der Waals surface area contributed by atoms with Gasteiger partial charge in [0.15, 0.2) is 0 Å². The average molecular weight is 509 g/mol. The fraction of sp³-hybridized carbons (Fsp3) is 0.367. The SMILES string of the molecule is Cc1ccc(-c2ccc(F)cc2)c(C(=P)N2CCN(c3ccc(C(C)OC(C)(C)C)cc3F)CC2)c1. The van der Waals surface area contributed by atoms with Gasteiger partial charge in [-0.25, -0.2) is 8.78 Å². The number of halogens is 2. The topological polar surface area (TPSA) is 15.7 Å². The molecule has 4 rings (SSSR count). The summed E-state index contributed by atoms with van der Waals surface area (Å²) in [5.41, 5.74) is 6.39. The molecule has 36 heavy (non-hydrogen) atoms. The Labute approximate surface area is 215 Å². The molecule has 0 N–H and O–H groups in total. The quantitative estimate of drug-likeness (QED) is 0.326. The maximum atomic E-state index is 15.1. The Kier molecular flexibility index (Phi) is 7.94. The molecular weight excluding hydrogens is 473 g/mol.